The van der Waals surface area contributed by atoms with Crippen molar-refractivity contribution >= 4 is 11.4 Å². The van der Waals surface area contributed by atoms with Crippen molar-refractivity contribution in [2.75, 3.05) is 11.5 Å². The third kappa shape index (κ3) is 7.06. The lowest BCUT2D eigenvalue weighted by Gasteiger charge is -2.24. The number of phenolic OH excluding ortho intramolecular Hbond substituents is 2. The minimum absolute atomic E-state index is 0.0242. The van der Waals surface area contributed by atoms with E-state index in [1.165, 1.54) is 31.4 Å². The SMILES string of the molecule is CCCCCCc1ccc(Oc2cc(O)c(N)c(C(C)(C)C)c2)c(Oc2cc(O)c(N)c(C(C)(C)C)c2)c1. The van der Waals surface area contributed by atoms with Gasteiger partial charge in [0, 0.05) is 12.1 Å². The summed E-state index contributed by atoms with van der Waals surface area (Å²) in [5.74, 6) is 1.86. The van der Waals surface area contributed by atoms with Crippen LogP contribution in [-0.2, 0) is 17.3 Å². The van der Waals surface area contributed by atoms with Gasteiger partial charge in [-0.15, -0.1) is 0 Å². The fourth-order valence-corrected chi connectivity index (χ4v) is 4.47. The number of aromatic hydroxyl groups is 2. The molecule has 3 aromatic rings. The molecular weight excluding hydrogens is 476 g/mol. The fourth-order valence-electron chi connectivity index (χ4n) is 4.47. The number of phenols is 2. The van der Waals surface area contributed by atoms with Crippen LogP contribution in [0.5, 0.6) is 34.5 Å². The number of hydrogen-bond acceptors (Lipinski definition) is 6. The summed E-state index contributed by atoms with van der Waals surface area (Å²) in [5.41, 5.74) is 15.2. The summed E-state index contributed by atoms with van der Waals surface area (Å²) >= 11 is 0. The number of aryl methyl sites for hydroxylation is 1. The van der Waals surface area contributed by atoms with Crippen LogP contribution in [0.1, 0.15) is 90.8 Å². The molecule has 0 saturated carbocycles. The van der Waals surface area contributed by atoms with Gasteiger partial charge < -0.3 is 31.2 Å². The molecule has 0 aliphatic rings. The molecule has 0 amide bonds. The predicted octanol–water partition coefficient (Wildman–Crippen LogP) is 8.56. The van der Waals surface area contributed by atoms with Gasteiger partial charge in [-0.05, 0) is 64.6 Å². The third-order valence-electron chi connectivity index (χ3n) is 6.66. The van der Waals surface area contributed by atoms with Gasteiger partial charge in [-0.3, -0.25) is 0 Å². The first-order valence-corrected chi connectivity index (χ1v) is 13.4. The van der Waals surface area contributed by atoms with Crippen LogP contribution in [0.4, 0.5) is 11.4 Å². The monoisotopic (exact) mass is 520 g/mol. The number of anilines is 2. The molecule has 0 aromatic heterocycles. The second kappa shape index (κ2) is 11.5. The molecule has 0 aliphatic heterocycles. The van der Waals surface area contributed by atoms with Gasteiger partial charge in [-0.25, -0.2) is 0 Å². The van der Waals surface area contributed by atoms with E-state index in [-0.39, 0.29) is 22.3 Å². The van der Waals surface area contributed by atoms with Crippen LogP contribution in [0, 0.1) is 0 Å². The third-order valence-corrected chi connectivity index (χ3v) is 6.66. The Balaban J connectivity index is 2.03. The Morgan fingerprint density at radius 2 is 1.16 bits per heavy atom. The van der Waals surface area contributed by atoms with Crippen molar-refractivity contribution in [1.29, 1.82) is 0 Å². The van der Waals surface area contributed by atoms with Gasteiger partial charge in [0.05, 0.1) is 11.4 Å². The zero-order valence-electron chi connectivity index (χ0n) is 23.9. The highest BCUT2D eigenvalue weighted by Crippen LogP contribution is 2.43. The summed E-state index contributed by atoms with van der Waals surface area (Å²) in [6.45, 7) is 14.4. The Morgan fingerprint density at radius 1 is 0.658 bits per heavy atom. The van der Waals surface area contributed by atoms with Gasteiger partial charge in [-0.2, -0.15) is 0 Å². The molecular formula is C32H44N2O4. The summed E-state index contributed by atoms with van der Waals surface area (Å²) in [5, 5.41) is 21.0. The summed E-state index contributed by atoms with van der Waals surface area (Å²) < 4.78 is 12.6. The minimum atomic E-state index is -0.285. The zero-order valence-corrected chi connectivity index (χ0v) is 23.9. The van der Waals surface area contributed by atoms with Crippen molar-refractivity contribution in [3.8, 4) is 34.5 Å². The van der Waals surface area contributed by atoms with Crippen LogP contribution in [-0.4, -0.2) is 10.2 Å². The molecule has 6 heteroatoms. The summed E-state index contributed by atoms with van der Waals surface area (Å²) in [4.78, 5) is 0. The Labute approximate surface area is 227 Å². The highest BCUT2D eigenvalue weighted by atomic mass is 16.5. The fraction of sp³-hybridized carbons (Fsp3) is 0.438. The van der Waals surface area contributed by atoms with Crippen LogP contribution >= 0.6 is 0 Å². The molecule has 0 atom stereocenters. The Morgan fingerprint density at radius 3 is 1.63 bits per heavy atom. The molecule has 206 valence electrons. The van der Waals surface area contributed by atoms with Gasteiger partial charge in [0.2, 0.25) is 0 Å². The number of rotatable bonds is 9. The average molecular weight is 521 g/mol. The van der Waals surface area contributed by atoms with Crippen molar-refractivity contribution < 1.29 is 19.7 Å². The lowest BCUT2D eigenvalue weighted by atomic mass is 9.85. The molecule has 0 bridgehead atoms. The van der Waals surface area contributed by atoms with E-state index in [0.717, 1.165) is 29.5 Å². The molecule has 0 heterocycles. The second-order valence-electron chi connectivity index (χ2n) is 12.1. The average Bonchev–Trinajstić information content (AvgIpc) is 2.81. The maximum Gasteiger partial charge on any atom is 0.170 e. The molecule has 0 aliphatic carbocycles. The Hall–Kier alpha value is -3.54. The van der Waals surface area contributed by atoms with E-state index in [1.807, 2.05) is 71.9 Å². The van der Waals surface area contributed by atoms with E-state index in [1.54, 1.807) is 0 Å². The number of ether oxygens (including phenoxy) is 2. The van der Waals surface area contributed by atoms with Gasteiger partial charge >= 0.3 is 0 Å². The van der Waals surface area contributed by atoms with Crippen LogP contribution < -0.4 is 20.9 Å². The highest BCUT2D eigenvalue weighted by Gasteiger charge is 2.23. The summed E-state index contributed by atoms with van der Waals surface area (Å²) in [6, 6.07) is 12.7. The molecule has 38 heavy (non-hydrogen) atoms. The van der Waals surface area contributed by atoms with Crippen LogP contribution in [0.25, 0.3) is 0 Å². The quantitative estimate of drug-likeness (QED) is 0.128. The molecule has 0 unspecified atom stereocenters. The summed E-state index contributed by atoms with van der Waals surface area (Å²) in [6.07, 6.45) is 5.58. The van der Waals surface area contributed by atoms with Crippen LogP contribution in [0.15, 0.2) is 42.5 Å². The number of nitrogens with two attached hydrogens (primary N) is 2. The molecule has 0 radical (unpaired) electrons. The van der Waals surface area contributed by atoms with Crippen molar-refractivity contribution in [2.45, 2.75) is 91.4 Å². The van der Waals surface area contributed by atoms with Crippen molar-refractivity contribution in [2.24, 2.45) is 0 Å². The standard InChI is InChI=1S/C32H44N2O4/c1-8-9-10-11-12-20-13-14-27(37-21-16-23(31(2,3)4)29(33)25(35)18-21)28(15-20)38-22-17-24(32(5,6)7)30(34)26(36)19-22/h13-19,35-36H,8-12,33-34H2,1-7H3. The Kier molecular flexibility index (Phi) is 8.75. The van der Waals surface area contributed by atoms with E-state index in [4.69, 9.17) is 20.9 Å². The van der Waals surface area contributed by atoms with E-state index < -0.39 is 0 Å². The van der Waals surface area contributed by atoms with E-state index in [0.29, 0.717) is 34.4 Å². The molecule has 3 aromatic carbocycles. The highest BCUT2D eigenvalue weighted by molar-refractivity contribution is 5.65. The number of benzene rings is 3. The van der Waals surface area contributed by atoms with E-state index in [2.05, 4.69) is 6.92 Å². The summed E-state index contributed by atoms with van der Waals surface area (Å²) in [7, 11) is 0. The lowest BCUT2D eigenvalue weighted by molar-refractivity contribution is 0.408. The first-order chi connectivity index (χ1) is 17.7. The van der Waals surface area contributed by atoms with E-state index in [9.17, 15) is 10.2 Å². The van der Waals surface area contributed by atoms with Gasteiger partial charge in [0.25, 0.3) is 0 Å². The van der Waals surface area contributed by atoms with Gasteiger partial charge in [0.1, 0.15) is 23.0 Å². The molecule has 0 fully saturated rings. The van der Waals surface area contributed by atoms with Crippen molar-refractivity contribution in [3.63, 3.8) is 0 Å². The molecule has 0 spiro atoms. The smallest absolute Gasteiger partial charge is 0.170 e. The Bertz CT molecular complexity index is 1270. The maximum absolute atomic E-state index is 10.5. The first-order valence-electron chi connectivity index (χ1n) is 13.4. The largest absolute Gasteiger partial charge is 0.506 e. The first kappa shape index (κ1) is 29.0. The molecule has 6 nitrogen and oxygen atoms in total. The molecule has 6 N–H and O–H groups in total. The lowest BCUT2D eigenvalue weighted by Crippen LogP contribution is -2.14. The maximum atomic E-state index is 10.5. The minimum Gasteiger partial charge on any atom is -0.506 e. The van der Waals surface area contributed by atoms with Gasteiger partial charge in [0.15, 0.2) is 11.5 Å². The number of nitrogen functional groups attached to an aromatic ring is 2. The normalized spacial score (nSPS) is 12.0. The van der Waals surface area contributed by atoms with Gasteiger partial charge in [-0.1, -0.05) is 73.8 Å². The molecule has 0 saturated heterocycles. The van der Waals surface area contributed by atoms with Crippen molar-refractivity contribution in [1.82, 2.24) is 0 Å². The number of unbranched alkanes of at least 4 members (excludes halogenated alkanes) is 3. The second-order valence-corrected chi connectivity index (χ2v) is 12.1. The van der Waals surface area contributed by atoms with E-state index >= 15 is 0 Å². The van der Waals surface area contributed by atoms with Crippen molar-refractivity contribution in [3.05, 3.63) is 59.2 Å². The topological polar surface area (TPSA) is 111 Å². The molecule has 3 rings (SSSR count). The zero-order chi connectivity index (χ0) is 28.3. The van der Waals surface area contributed by atoms with Crippen LogP contribution in [0.2, 0.25) is 0 Å². The predicted molar refractivity (Wildman–Crippen MR) is 157 cm³/mol. The number of hydrogen-bond donors (Lipinski definition) is 4. The van der Waals surface area contributed by atoms with Crippen LogP contribution in [0.3, 0.4) is 0 Å².